The van der Waals surface area contributed by atoms with E-state index in [1.165, 1.54) is 12.8 Å². The molecule has 0 bridgehead atoms. The fourth-order valence-corrected chi connectivity index (χ4v) is 2.44. The standard InChI is InChI=1S/C17H32N4O3/c1-17(2,3)24-16(22)21-10-8-20(9-11-21)15(18)19-7-4-12-23-13-14-5-6-14/h14H,4-13H2,1-3H3,(H2,18,19). The molecule has 0 aromatic heterocycles. The normalized spacial score (nSPS) is 19.5. The van der Waals surface area contributed by atoms with Crippen LogP contribution >= 0.6 is 0 Å². The zero-order valence-electron chi connectivity index (χ0n) is 15.3. The van der Waals surface area contributed by atoms with E-state index in [4.69, 9.17) is 15.2 Å². The average Bonchev–Trinajstić information content (AvgIpc) is 3.33. The van der Waals surface area contributed by atoms with Crippen molar-refractivity contribution in [3.63, 3.8) is 0 Å². The number of nitrogens with zero attached hydrogens (tertiary/aromatic N) is 3. The second-order valence-corrected chi connectivity index (χ2v) is 7.57. The van der Waals surface area contributed by atoms with Crippen LogP contribution in [0.25, 0.3) is 0 Å². The number of rotatable bonds is 6. The number of carbonyl (C=O) groups excluding carboxylic acids is 1. The second-order valence-electron chi connectivity index (χ2n) is 7.57. The van der Waals surface area contributed by atoms with Gasteiger partial charge in [0, 0.05) is 45.9 Å². The molecule has 0 unspecified atom stereocenters. The Labute approximate surface area is 145 Å². The van der Waals surface area contributed by atoms with Gasteiger partial charge >= 0.3 is 6.09 Å². The monoisotopic (exact) mass is 340 g/mol. The predicted octanol–water partition coefficient (Wildman–Crippen LogP) is 1.67. The molecule has 138 valence electrons. The van der Waals surface area contributed by atoms with Crippen LogP contribution in [0.5, 0.6) is 0 Å². The van der Waals surface area contributed by atoms with Crippen LogP contribution in [0.2, 0.25) is 0 Å². The smallest absolute Gasteiger partial charge is 0.410 e. The van der Waals surface area contributed by atoms with Crippen LogP contribution < -0.4 is 5.73 Å². The Bertz CT molecular complexity index is 436. The summed E-state index contributed by atoms with van der Waals surface area (Å²) in [7, 11) is 0. The molecule has 2 rings (SSSR count). The van der Waals surface area contributed by atoms with Crippen LogP contribution in [-0.4, -0.2) is 73.4 Å². The largest absolute Gasteiger partial charge is 0.444 e. The third kappa shape index (κ3) is 6.95. The fourth-order valence-electron chi connectivity index (χ4n) is 2.44. The zero-order valence-corrected chi connectivity index (χ0v) is 15.3. The van der Waals surface area contributed by atoms with Crippen LogP contribution in [0, 0.1) is 5.92 Å². The van der Waals surface area contributed by atoms with E-state index in [9.17, 15) is 4.79 Å². The van der Waals surface area contributed by atoms with Crippen molar-refractivity contribution in [2.24, 2.45) is 16.6 Å². The van der Waals surface area contributed by atoms with E-state index >= 15 is 0 Å². The molecule has 24 heavy (non-hydrogen) atoms. The fraction of sp³-hybridized carbons (Fsp3) is 0.882. The molecule has 2 N–H and O–H groups in total. The molecule has 1 heterocycles. The number of ether oxygens (including phenoxy) is 2. The SMILES string of the molecule is CC(C)(C)OC(=O)N1CCN(C(N)=NCCCOCC2CC2)CC1. The first-order chi connectivity index (χ1) is 11.3. The van der Waals surface area contributed by atoms with E-state index in [0.717, 1.165) is 25.6 Å². The molecule has 7 heteroatoms. The highest BCUT2D eigenvalue weighted by Gasteiger charge is 2.26. The highest BCUT2D eigenvalue weighted by molar-refractivity contribution is 5.78. The molecular formula is C17H32N4O3. The number of carbonyl (C=O) groups is 1. The van der Waals surface area contributed by atoms with Gasteiger partial charge in [0.15, 0.2) is 5.96 Å². The summed E-state index contributed by atoms with van der Waals surface area (Å²) in [5, 5.41) is 0. The van der Waals surface area contributed by atoms with Crippen LogP contribution in [0.3, 0.4) is 0 Å². The summed E-state index contributed by atoms with van der Waals surface area (Å²) in [4.78, 5) is 20.2. The van der Waals surface area contributed by atoms with Gasteiger partial charge in [0.2, 0.25) is 0 Å². The van der Waals surface area contributed by atoms with Crippen LogP contribution in [0.4, 0.5) is 4.79 Å². The number of amides is 1. The van der Waals surface area contributed by atoms with Gasteiger partial charge in [-0.15, -0.1) is 0 Å². The molecule has 0 aromatic rings. The van der Waals surface area contributed by atoms with E-state index in [2.05, 4.69) is 4.99 Å². The minimum Gasteiger partial charge on any atom is -0.444 e. The van der Waals surface area contributed by atoms with Gasteiger partial charge < -0.3 is 25.0 Å². The minimum absolute atomic E-state index is 0.259. The highest BCUT2D eigenvalue weighted by atomic mass is 16.6. The third-order valence-electron chi connectivity index (χ3n) is 4.03. The summed E-state index contributed by atoms with van der Waals surface area (Å²) in [5.41, 5.74) is 5.58. The van der Waals surface area contributed by atoms with Gasteiger partial charge in [0.25, 0.3) is 0 Å². The summed E-state index contributed by atoms with van der Waals surface area (Å²) in [6.45, 7) is 10.5. The van der Waals surface area contributed by atoms with Crippen molar-refractivity contribution < 1.29 is 14.3 Å². The van der Waals surface area contributed by atoms with Crippen molar-refractivity contribution in [1.82, 2.24) is 9.80 Å². The number of piperazine rings is 1. The first-order valence-corrected chi connectivity index (χ1v) is 8.96. The lowest BCUT2D eigenvalue weighted by atomic mass is 10.2. The average molecular weight is 340 g/mol. The maximum absolute atomic E-state index is 12.0. The van der Waals surface area contributed by atoms with Crippen molar-refractivity contribution in [2.75, 3.05) is 45.9 Å². The Hall–Kier alpha value is -1.50. The minimum atomic E-state index is -0.462. The molecule has 1 amide bonds. The molecule has 1 saturated carbocycles. The number of hydrogen-bond donors (Lipinski definition) is 1. The first kappa shape index (κ1) is 18.8. The molecule has 1 aliphatic carbocycles. The molecule has 0 radical (unpaired) electrons. The van der Waals surface area contributed by atoms with Gasteiger partial charge in [-0.3, -0.25) is 4.99 Å². The molecular weight excluding hydrogens is 308 g/mol. The van der Waals surface area contributed by atoms with Crippen LogP contribution in [0.15, 0.2) is 4.99 Å². The summed E-state index contributed by atoms with van der Waals surface area (Å²) in [6.07, 6.45) is 3.27. The predicted molar refractivity (Wildman–Crippen MR) is 94.0 cm³/mol. The number of hydrogen-bond acceptors (Lipinski definition) is 4. The lowest BCUT2D eigenvalue weighted by Crippen LogP contribution is -2.53. The zero-order chi connectivity index (χ0) is 17.6. The Morgan fingerprint density at radius 1 is 1.17 bits per heavy atom. The molecule has 7 nitrogen and oxygen atoms in total. The van der Waals surface area contributed by atoms with Crippen molar-refractivity contribution in [2.45, 2.75) is 45.6 Å². The van der Waals surface area contributed by atoms with E-state index in [-0.39, 0.29) is 6.09 Å². The van der Waals surface area contributed by atoms with Crippen molar-refractivity contribution in [3.05, 3.63) is 0 Å². The number of nitrogens with two attached hydrogens (primary N) is 1. The topological polar surface area (TPSA) is 80.4 Å². The van der Waals surface area contributed by atoms with E-state index < -0.39 is 5.60 Å². The Morgan fingerprint density at radius 2 is 1.79 bits per heavy atom. The molecule has 0 atom stereocenters. The molecule has 2 fully saturated rings. The molecule has 0 spiro atoms. The number of guanidine groups is 1. The second kappa shape index (κ2) is 8.55. The van der Waals surface area contributed by atoms with Crippen molar-refractivity contribution in [1.29, 1.82) is 0 Å². The number of aliphatic imine (C=N–C) groups is 1. The van der Waals surface area contributed by atoms with E-state index in [1.807, 2.05) is 25.7 Å². The van der Waals surface area contributed by atoms with Crippen LogP contribution in [0.1, 0.15) is 40.0 Å². The van der Waals surface area contributed by atoms with Gasteiger partial charge in [-0.1, -0.05) is 0 Å². The highest BCUT2D eigenvalue weighted by Crippen LogP contribution is 2.28. The van der Waals surface area contributed by atoms with Gasteiger partial charge in [-0.25, -0.2) is 4.79 Å². The van der Waals surface area contributed by atoms with Gasteiger partial charge in [0.05, 0.1) is 0 Å². The molecule has 0 aromatic carbocycles. The van der Waals surface area contributed by atoms with E-state index in [0.29, 0.717) is 38.7 Å². The summed E-state index contributed by atoms with van der Waals surface area (Å²) < 4.78 is 11.0. The lowest BCUT2D eigenvalue weighted by Gasteiger charge is -2.36. The maximum atomic E-state index is 12.0. The third-order valence-corrected chi connectivity index (χ3v) is 4.03. The van der Waals surface area contributed by atoms with Gasteiger partial charge in [-0.05, 0) is 46.0 Å². The Morgan fingerprint density at radius 3 is 2.38 bits per heavy atom. The van der Waals surface area contributed by atoms with Crippen molar-refractivity contribution in [3.8, 4) is 0 Å². The van der Waals surface area contributed by atoms with Gasteiger partial charge in [0.1, 0.15) is 5.60 Å². The summed E-state index contributed by atoms with van der Waals surface area (Å²) in [5.74, 6) is 1.36. The summed E-state index contributed by atoms with van der Waals surface area (Å²) >= 11 is 0. The maximum Gasteiger partial charge on any atom is 0.410 e. The quantitative estimate of drug-likeness (QED) is 0.452. The van der Waals surface area contributed by atoms with Gasteiger partial charge in [-0.2, -0.15) is 0 Å². The lowest BCUT2D eigenvalue weighted by molar-refractivity contribution is 0.0186. The molecule has 1 aliphatic heterocycles. The van der Waals surface area contributed by atoms with Crippen LogP contribution in [-0.2, 0) is 9.47 Å². The Kier molecular flexibility index (Phi) is 6.71. The molecule has 1 saturated heterocycles. The summed E-state index contributed by atoms with van der Waals surface area (Å²) in [6, 6.07) is 0. The van der Waals surface area contributed by atoms with E-state index in [1.54, 1.807) is 4.90 Å². The van der Waals surface area contributed by atoms with Crippen molar-refractivity contribution >= 4 is 12.1 Å². The molecule has 2 aliphatic rings. The Balaban J connectivity index is 1.61. The first-order valence-electron chi connectivity index (χ1n) is 8.96.